The summed E-state index contributed by atoms with van der Waals surface area (Å²) in [6, 6.07) is 33.8. The summed E-state index contributed by atoms with van der Waals surface area (Å²) in [7, 11) is 0. The lowest BCUT2D eigenvalue weighted by atomic mass is 10.2. The first-order valence-electron chi connectivity index (χ1n) is 11.8. The van der Waals surface area contributed by atoms with E-state index in [-0.39, 0.29) is 5.91 Å². The lowest BCUT2D eigenvalue weighted by molar-refractivity contribution is -0.113. The number of aryl methyl sites for hydroxylation is 2. The first-order chi connectivity index (χ1) is 17.5. The molecule has 4 aromatic carbocycles. The number of thioether (sulfide) groups is 1. The van der Waals surface area contributed by atoms with Crippen LogP contribution in [0.25, 0.3) is 6.08 Å². The molecule has 0 atom stereocenters. The molecule has 1 aliphatic heterocycles. The zero-order valence-corrected chi connectivity index (χ0v) is 21.0. The van der Waals surface area contributed by atoms with Gasteiger partial charge in [0.2, 0.25) is 0 Å². The predicted octanol–water partition coefficient (Wildman–Crippen LogP) is 7.69. The molecule has 0 saturated carbocycles. The van der Waals surface area contributed by atoms with E-state index in [2.05, 4.69) is 0 Å². The highest BCUT2D eigenvalue weighted by atomic mass is 32.2. The van der Waals surface area contributed by atoms with Crippen LogP contribution < -0.4 is 9.64 Å². The van der Waals surface area contributed by atoms with Crippen molar-refractivity contribution >= 4 is 40.3 Å². The van der Waals surface area contributed by atoms with E-state index in [4.69, 9.17) is 9.73 Å². The van der Waals surface area contributed by atoms with Crippen LogP contribution in [0.15, 0.2) is 113 Å². The van der Waals surface area contributed by atoms with Crippen molar-refractivity contribution in [2.24, 2.45) is 4.99 Å². The third-order valence-electron chi connectivity index (χ3n) is 5.72. The number of amides is 1. The molecule has 1 aliphatic rings. The summed E-state index contributed by atoms with van der Waals surface area (Å²) in [5, 5.41) is 0.644. The van der Waals surface area contributed by atoms with Gasteiger partial charge in [0.1, 0.15) is 12.4 Å². The fourth-order valence-electron chi connectivity index (χ4n) is 3.90. The van der Waals surface area contributed by atoms with Gasteiger partial charge in [-0.2, -0.15) is 0 Å². The van der Waals surface area contributed by atoms with Crippen molar-refractivity contribution < 1.29 is 9.53 Å². The zero-order valence-electron chi connectivity index (χ0n) is 20.2. The molecule has 0 aliphatic carbocycles. The average molecular weight is 491 g/mol. The molecule has 4 aromatic rings. The van der Waals surface area contributed by atoms with E-state index >= 15 is 0 Å². The Balaban J connectivity index is 1.41. The highest BCUT2D eigenvalue weighted by Crippen LogP contribution is 2.37. The summed E-state index contributed by atoms with van der Waals surface area (Å²) < 4.78 is 5.90. The number of ether oxygens (including phenoxy) is 1. The van der Waals surface area contributed by atoms with Crippen LogP contribution >= 0.6 is 11.8 Å². The monoisotopic (exact) mass is 490 g/mol. The second-order valence-corrected chi connectivity index (χ2v) is 9.68. The quantitative estimate of drug-likeness (QED) is 0.260. The minimum Gasteiger partial charge on any atom is -0.489 e. The van der Waals surface area contributed by atoms with Crippen molar-refractivity contribution in [3.8, 4) is 5.75 Å². The minimum absolute atomic E-state index is 0.0820. The van der Waals surface area contributed by atoms with E-state index in [1.54, 1.807) is 4.90 Å². The standard InChI is InChI=1S/C31H26N2O2S/c1-22-8-6-12-26(18-22)32-31-33(27-13-7-9-23(2)19-27)30(34)29(36-31)20-24-14-16-28(17-15-24)35-21-25-10-4-3-5-11-25/h3-20H,21H2,1-2H3/b29-20+,32-31?. The van der Waals surface area contributed by atoms with Gasteiger partial charge in [0.25, 0.3) is 5.91 Å². The third-order valence-corrected chi connectivity index (χ3v) is 6.69. The molecule has 0 radical (unpaired) electrons. The molecule has 36 heavy (non-hydrogen) atoms. The number of hydrogen-bond acceptors (Lipinski definition) is 4. The van der Waals surface area contributed by atoms with E-state index in [1.165, 1.54) is 11.8 Å². The van der Waals surface area contributed by atoms with Gasteiger partial charge >= 0.3 is 0 Å². The maximum atomic E-state index is 13.5. The van der Waals surface area contributed by atoms with Crippen LogP contribution in [0.1, 0.15) is 22.3 Å². The predicted molar refractivity (Wildman–Crippen MR) is 150 cm³/mol. The smallest absolute Gasteiger partial charge is 0.271 e. The van der Waals surface area contributed by atoms with Crippen LogP contribution in [0.2, 0.25) is 0 Å². The number of anilines is 1. The van der Waals surface area contributed by atoms with Crippen LogP contribution in [0, 0.1) is 13.8 Å². The molecular weight excluding hydrogens is 464 g/mol. The largest absolute Gasteiger partial charge is 0.489 e. The second kappa shape index (κ2) is 10.7. The number of aliphatic imine (C=N–C) groups is 1. The maximum absolute atomic E-state index is 13.5. The molecule has 0 aromatic heterocycles. The second-order valence-electron chi connectivity index (χ2n) is 8.67. The van der Waals surface area contributed by atoms with Crippen LogP contribution in [0.5, 0.6) is 5.75 Å². The van der Waals surface area contributed by atoms with Crippen LogP contribution in [-0.4, -0.2) is 11.1 Å². The summed E-state index contributed by atoms with van der Waals surface area (Å²) in [5.74, 6) is 0.705. The Kier molecular flexibility index (Phi) is 7.01. The van der Waals surface area contributed by atoms with Gasteiger partial charge in [-0.15, -0.1) is 0 Å². The number of benzene rings is 4. The molecule has 5 heteroatoms. The highest BCUT2D eigenvalue weighted by molar-refractivity contribution is 8.19. The first kappa shape index (κ1) is 23.6. The van der Waals surface area contributed by atoms with E-state index in [0.717, 1.165) is 39.4 Å². The van der Waals surface area contributed by atoms with Gasteiger partial charge in [-0.25, -0.2) is 4.99 Å². The molecule has 4 nitrogen and oxygen atoms in total. The van der Waals surface area contributed by atoms with Crippen molar-refractivity contribution in [1.82, 2.24) is 0 Å². The van der Waals surface area contributed by atoms with Gasteiger partial charge in [0, 0.05) is 0 Å². The molecule has 178 valence electrons. The molecule has 1 fully saturated rings. The Morgan fingerprint density at radius 1 is 0.833 bits per heavy atom. The Morgan fingerprint density at radius 3 is 2.28 bits per heavy atom. The number of carbonyl (C=O) groups excluding carboxylic acids is 1. The summed E-state index contributed by atoms with van der Waals surface area (Å²) in [6.45, 7) is 4.57. The molecule has 0 N–H and O–H groups in total. The Morgan fingerprint density at radius 2 is 1.56 bits per heavy atom. The molecule has 0 unspecified atom stereocenters. The highest BCUT2D eigenvalue weighted by Gasteiger charge is 2.34. The van der Waals surface area contributed by atoms with Gasteiger partial charge in [-0.05, 0) is 90.3 Å². The zero-order chi connectivity index (χ0) is 24.9. The third kappa shape index (κ3) is 5.58. The lowest BCUT2D eigenvalue weighted by Gasteiger charge is -2.16. The van der Waals surface area contributed by atoms with E-state index in [1.807, 2.05) is 123 Å². The topological polar surface area (TPSA) is 41.9 Å². The van der Waals surface area contributed by atoms with E-state index < -0.39 is 0 Å². The molecular formula is C31H26N2O2S. The van der Waals surface area contributed by atoms with Crippen molar-refractivity contribution in [3.63, 3.8) is 0 Å². The van der Waals surface area contributed by atoms with Crippen LogP contribution in [0.4, 0.5) is 11.4 Å². The van der Waals surface area contributed by atoms with Gasteiger partial charge in [0.15, 0.2) is 5.17 Å². The van der Waals surface area contributed by atoms with Crippen molar-refractivity contribution in [1.29, 1.82) is 0 Å². The summed E-state index contributed by atoms with van der Waals surface area (Å²) in [4.78, 5) is 20.7. The Labute approximate surface area is 216 Å². The van der Waals surface area contributed by atoms with Gasteiger partial charge in [-0.3, -0.25) is 9.69 Å². The number of hydrogen-bond donors (Lipinski definition) is 0. The normalized spacial score (nSPS) is 15.6. The first-order valence-corrected chi connectivity index (χ1v) is 12.6. The summed E-state index contributed by atoms with van der Waals surface area (Å²) >= 11 is 1.39. The number of carbonyl (C=O) groups is 1. The van der Waals surface area contributed by atoms with E-state index in [9.17, 15) is 4.79 Å². The minimum atomic E-state index is -0.0820. The van der Waals surface area contributed by atoms with Gasteiger partial charge in [-0.1, -0.05) is 66.7 Å². The molecule has 0 bridgehead atoms. The lowest BCUT2D eigenvalue weighted by Crippen LogP contribution is -2.28. The fourth-order valence-corrected chi connectivity index (χ4v) is 4.90. The van der Waals surface area contributed by atoms with Crippen molar-refractivity contribution in [2.45, 2.75) is 20.5 Å². The molecule has 1 saturated heterocycles. The molecule has 5 rings (SSSR count). The Bertz CT molecular complexity index is 1440. The number of rotatable bonds is 6. The average Bonchev–Trinajstić information content (AvgIpc) is 3.18. The summed E-state index contributed by atoms with van der Waals surface area (Å²) in [5.41, 5.74) is 5.89. The van der Waals surface area contributed by atoms with Crippen molar-refractivity contribution in [2.75, 3.05) is 4.90 Å². The van der Waals surface area contributed by atoms with E-state index in [0.29, 0.717) is 16.7 Å². The van der Waals surface area contributed by atoms with Gasteiger partial charge in [0.05, 0.1) is 16.3 Å². The van der Waals surface area contributed by atoms with Crippen LogP contribution in [0.3, 0.4) is 0 Å². The Hall–Kier alpha value is -4.09. The molecule has 0 spiro atoms. The number of amidine groups is 1. The molecule has 1 amide bonds. The number of nitrogens with zero attached hydrogens (tertiary/aromatic N) is 2. The SMILES string of the molecule is Cc1cccc(N=C2S/C(=C/c3ccc(OCc4ccccc4)cc3)C(=O)N2c2cccc(C)c2)c1. The maximum Gasteiger partial charge on any atom is 0.271 e. The molecule has 1 heterocycles. The van der Waals surface area contributed by atoms with Crippen molar-refractivity contribution in [3.05, 3.63) is 130 Å². The fraction of sp³-hybridized carbons (Fsp3) is 0.0968. The summed E-state index contributed by atoms with van der Waals surface area (Å²) in [6.07, 6.45) is 1.91. The van der Waals surface area contributed by atoms with Gasteiger partial charge < -0.3 is 4.74 Å². The van der Waals surface area contributed by atoms with Crippen LogP contribution in [-0.2, 0) is 11.4 Å².